The maximum Gasteiger partial charge on any atom is 0.320 e. The molecule has 0 bridgehead atoms. The lowest BCUT2D eigenvalue weighted by molar-refractivity contribution is 0.102. The lowest BCUT2D eigenvalue weighted by Gasteiger charge is -2.21. The highest BCUT2D eigenvalue weighted by atomic mass is 35.5. The van der Waals surface area contributed by atoms with Gasteiger partial charge >= 0.3 is 6.03 Å². The standard InChI is InChI=1S/C32H37ClN6O3/c1-22-5-8-25(17-24(22)9-6-23-7-12-30(35-19-23)37-32(41)34-14-16-42-4)31(40)36-27-11-10-26(29(33)18-27)20-39-15-13-28(21-39)38(2)3/h5,7-8,10-12,17-19,28H,13-16,20-21H2,1-4H3,(H,36,40)(H2,34,35,37,41)/t28-/m0/s1. The minimum atomic E-state index is -0.359. The summed E-state index contributed by atoms with van der Waals surface area (Å²) in [6.45, 7) is 5.63. The first-order valence-electron chi connectivity index (χ1n) is 13.8. The summed E-state index contributed by atoms with van der Waals surface area (Å²) in [7, 11) is 5.81. The van der Waals surface area contributed by atoms with Crippen LogP contribution in [-0.4, -0.2) is 80.2 Å². The van der Waals surface area contributed by atoms with Crippen LogP contribution in [-0.2, 0) is 11.3 Å². The Labute approximate surface area is 252 Å². The molecule has 4 rings (SSSR count). The highest BCUT2D eigenvalue weighted by molar-refractivity contribution is 6.31. The van der Waals surface area contributed by atoms with E-state index in [0.717, 1.165) is 42.7 Å². The molecule has 1 atom stereocenters. The number of hydrogen-bond acceptors (Lipinski definition) is 6. The summed E-state index contributed by atoms with van der Waals surface area (Å²) in [5, 5.41) is 8.91. The number of carbonyl (C=O) groups excluding carboxylic acids is 2. The zero-order chi connectivity index (χ0) is 30.1. The number of ether oxygens (including phenoxy) is 1. The highest BCUT2D eigenvalue weighted by Gasteiger charge is 2.24. The molecule has 2 aromatic carbocycles. The lowest BCUT2D eigenvalue weighted by atomic mass is 10.0. The summed E-state index contributed by atoms with van der Waals surface area (Å²) in [6.07, 6.45) is 2.74. The minimum Gasteiger partial charge on any atom is -0.383 e. The molecule has 9 nitrogen and oxygen atoms in total. The van der Waals surface area contributed by atoms with Gasteiger partial charge in [0.25, 0.3) is 5.91 Å². The molecule has 1 aliphatic rings. The molecule has 1 fully saturated rings. The molecule has 0 aliphatic carbocycles. The highest BCUT2D eigenvalue weighted by Crippen LogP contribution is 2.25. The van der Waals surface area contributed by atoms with E-state index >= 15 is 0 Å². The zero-order valence-electron chi connectivity index (χ0n) is 24.5. The van der Waals surface area contributed by atoms with Crippen molar-refractivity contribution in [3.63, 3.8) is 0 Å². The third-order valence-corrected chi connectivity index (χ3v) is 7.47. The van der Waals surface area contributed by atoms with Crippen molar-refractivity contribution in [3.05, 3.63) is 87.6 Å². The average molecular weight is 589 g/mol. The molecule has 3 N–H and O–H groups in total. The van der Waals surface area contributed by atoms with Crippen LogP contribution < -0.4 is 16.0 Å². The number of halogens is 1. The average Bonchev–Trinajstić information content (AvgIpc) is 3.44. The molecule has 1 aliphatic heterocycles. The van der Waals surface area contributed by atoms with Gasteiger partial charge in [-0.3, -0.25) is 15.0 Å². The molecule has 2 heterocycles. The molecule has 3 amide bonds. The number of likely N-dealkylation sites (N-methyl/N-ethyl adjacent to an activating group) is 1. The number of methoxy groups -OCH3 is 1. The molecule has 10 heteroatoms. The number of urea groups is 1. The van der Waals surface area contributed by atoms with E-state index < -0.39 is 0 Å². The van der Waals surface area contributed by atoms with Crippen LogP contribution in [0, 0.1) is 18.8 Å². The molecular formula is C32H37ClN6O3. The second kappa shape index (κ2) is 14.8. The topological polar surface area (TPSA) is 98.8 Å². The van der Waals surface area contributed by atoms with E-state index in [0.29, 0.717) is 46.8 Å². The smallest absolute Gasteiger partial charge is 0.320 e. The van der Waals surface area contributed by atoms with Crippen molar-refractivity contribution in [1.29, 1.82) is 0 Å². The molecule has 42 heavy (non-hydrogen) atoms. The van der Waals surface area contributed by atoms with Crippen molar-refractivity contribution >= 4 is 35.0 Å². The monoisotopic (exact) mass is 588 g/mol. The predicted octanol–water partition coefficient (Wildman–Crippen LogP) is 4.60. The molecule has 220 valence electrons. The van der Waals surface area contributed by atoms with Gasteiger partial charge in [-0.1, -0.05) is 35.6 Å². The first kappa shape index (κ1) is 31.0. The maximum atomic E-state index is 13.1. The van der Waals surface area contributed by atoms with E-state index in [1.165, 1.54) is 0 Å². The summed E-state index contributed by atoms with van der Waals surface area (Å²) in [5.74, 6) is 6.38. The van der Waals surface area contributed by atoms with Crippen LogP contribution in [0.5, 0.6) is 0 Å². The number of hydrogen-bond donors (Lipinski definition) is 3. The predicted molar refractivity (Wildman–Crippen MR) is 167 cm³/mol. The van der Waals surface area contributed by atoms with Crippen molar-refractivity contribution in [2.45, 2.75) is 25.9 Å². The molecule has 0 saturated carbocycles. The van der Waals surface area contributed by atoms with Gasteiger partial charge < -0.3 is 20.3 Å². The summed E-state index contributed by atoms with van der Waals surface area (Å²) in [4.78, 5) is 33.8. The van der Waals surface area contributed by atoms with Crippen LogP contribution in [0.2, 0.25) is 5.02 Å². The fourth-order valence-electron chi connectivity index (χ4n) is 4.58. The number of pyridine rings is 1. The van der Waals surface area contributed by atoms with Crippen molar-refractivity contribution < 1.29 is 14.3 Å². The first-order valence-corrected chi connectivity index (χ1v) is 14.2. The Morgan fingerprint density at radius 3 is 2.64 bits per heavy atom. The van der Waals surface area contributed by atoms with E-state index in [1.807, 2.05) is 25.1 Å². The van der Waals surface area contributed by atoms with E-state index in [9.17, 15) is 9.59 Å². The number of likely N-dealkylation sites (tertiary alicyclic amines) is 1. The number of anilines is 2. The third-order valence-electron chi connectivity index (χ3n) is 7.12. The van der Waals surface area contributed by atoms with Gasteiger partial charge in [0.15, 0.2) is 0 Å². The molecule has 1 saturated heterocycles. The SMILES string of the molecule is COCCNC(=O)Nc1ccc(C#Cc2cc(C(=O)Nc3ccc(CN4CC[C@H](N(C)C)C4)c(Cl)c3)ccc2C)cn1. The Hall–Kier alpha value is -3.94. The number of nitrogens with zero attached hydrogens (tertiary/aromatic N) is 3. The Kier molecular flexibility index (Phi) is 10.9. The molecule has 3 aromatic rings. The largest absolute Gasteiger partial charge is 0.383 e. The summed E-state index contributed by atoms with van der Waals surface area (Å²) < 4.78 is 4.91. The number of carbonyl (C=O) groups is 2. The van der Waals surface area contributed by atoms with Crippen molar-refractivity contribution in [1.82, 2.24) is 20.1 Å². The molecule has 1 aromatic heterocycles. The van der Waals surface area contributed by atoms with Crippen LogP contribution in [0.3, 0.4) is 0 Å². The quantitative estimate of drug-likeness (QED) is 0.250. The van der Waals surface area contributed by atoms with Gasteiger partial charge in [-0.25, -0.2) is 9.78 Å². The minimum absolute atomic E-state index is 0.240. The van der Waals surface area contributed by atoms with Gasteiger partial charge in [0, 0.05) is 72.9 Å². The summed E-state index contributed by atoms with van der Waals surface area (Å²) in [6, 6.07) is 14.8. The van der Waals surface area contributed by atoms with E-state index in [1.54, 1.807) is 43.6 Å². The van der Waals surface area contributed by atoms with E-state index in [4.69, 9.17) is 16.3 Å². The van der Waals surface area contributed by atoms with Gasteiger partial charge in [-0.15, -0.1) is 0 Å². The second-order valence-corrected chi connectivity index (χ2v) is 10.9. The summed E-state index contributed by atoms with van der Waals surface area (Å²) in [5.41, 5.74) is 4.54. The van der Waals surface area contributed by atoms with Gasteiger partial charge in [0.1, 0.15) is 5.82 Å². The van der Waals surface area contributed by atoms with Crippen molar-refractivity contribution in [3.8, 4) is 11.8 Å². The Morgan fingerprint density at radius 2 is 1.95 bits per heavy atom. The van der Waals surface area contributed by atoms with Gasteiger partial charge in [-0.2, -0.15) is 0 Å². The normalized spacial score (nSPS) is 14.8. The fourth-order valence-corrected chi connectivity index (χ4v) is 4.82. The molecule has 0 unspecified atom stereocenters. The number of rotatable bonds is 9. The number of benzene rings is 2. The third kappa shape index (κ3) is 8.78. The van der Waals surface area contributed by atoms with Crippen LogP contribution in [0.1, 0.15) is 39.0 Å². The van der Waals surface area contributed by atoms with Crippen LogP contribution in [0.25, 0.3) is 0 Å². The van der Waals surface area contributed by atoms with Gasteiger partial charge in [0.2, 0.25) is 0 Å². The van der Waals surface area contributed by atoms with E-state index in [-0.39, 0.29) is 11.9 Å². The Bertz CT molecular complexity index is 1470. The Balaban J connectivity index is 1.36. The fraction of sp³-hybridized carbons (Fsp3) is 0.344. The van der Waals surface area contributed by atoms with Crippen LogP contribution in [0.4, 0.5) is 16.3 Å². The summed E-state index contributed by atoms with van der Waals surface area (Å²) >= 11 is 6.60. The van der Waals surface area contributed by atoms with Crippen LogP contribution in [0.15, 0.2) is 54.7 Å². The van der Waals surface area contributed by atoms with Crippen molar-refractivity contribution in [2.24, 2.45) is 0 Å². The second-order valence-electron chi connectivity index (χ2n) is 10.5. The van der Waals surface area contributed by atoms with Gasteiger partial charge in [0.05, 0.1) is 6.61 Å². The number of aromatic nitrogens is 1. The van der Waals surface area contributed by atoms with E-state index in [2.05, 4.69) is 56.7 Å². The number of nitrogens with one attached hydrogen (secondary N) is 3. The lowest BCUT2D eigenvalue weighted by Crippen LogP contribution is -2.31. The Morgan fingerprint density at radius 1 is 1.12 bits per heavy atom. The zero-order valence-corrected chi connectivity index (χ0v) is 25.2. The molecule has 0 spiro atoms. The molecule has 0 radical (unpaired) electrons. The number of aryl methyl sites for hydroxylation is 1. The van der Waals surface area contributed by atoms with Crippen LogP contribution >= 0.6 is 11.6 Å². The number of amides is 3. The van der Waals surface area contributed by atoms with Crippen molar-refractivity contribution in [2.75, 3.05) is 58.1 Å². The molecular weight excluding hydrogens is 552 g/mol. The van der Waals surface area contributed by atoms with Gasteiger partial charge in [-0.05, 0) is 75.0 Å². The maximum absolute atomic E-state index is 13.1. The first-order chi connectivity index (χ1) is 20.2.